The van der Waals surface area contributed by atoms with Crippen molar-refractivity contribution in [3.05, 3.63) is 0 Å². The number of nitrogens with two attached hydrogens (primary N) is 1. The van der Waals surface area contributed by atoms with E-state index in [-0.39, 0.29) is 6.04 Å². The average molecular weight is 243 g/mol. The molecule has 0 bridgehead atoms. The number of thiocarbonyl (C=S) groups is 1. The number of rotatable bonds is 6. The van der Waals surface area contributed by atoms with Crippen molar-refractivity contribution >= 4 is 17.2 Å². The lowest BCUT2D eigenvalue weighted by molar-refractivity contribution is 0.0229. The minimum Gasteiger partial charge on any atom is -0.392 e. The van der Waals surface area contributed by atoms with Crippen LogP contribution in [0.1, 0.15) is 32.6 Å². The van der Waals surface area contributed by atoms with E-state index in [0.717, 1.165) is 13.0 Å². The van der Waals surface area contributed by atoms with E-state index in [9.17, 15) is 0 Å². The molecule has 0 aromatic rings. The second-order valence-corrected chi connectivity index (χ2v) is 5.69. The Kier molecular flexibility index (Phi) is 4.71. The first kappa shape index (κ1) is 13.9. The second-order valence-electron chi connectivity index (χ2n) is 5.21. The minimum absolute atomic E-state index is 0.243. The SMILES string of the molecule is CCC(C(N)=S)N(C)CC1(N(C)C)CCC1. The van der Waals surface area contributed by atoms with Crippen LogP contribution >= 0.6 is 12.2 Å². The van der Waals surface area contributed by atoms with E-state index in [1.807, 2.05) is 0 Å². The smallest absolute Gasteiger partial charge is 0.0901 e. The van der Waals surface area contributed by atoms with Gasteiger partial charge in [-0.2, -0.15) is 0 Å². The van der Waals surface area contributed by atoms with Gasteiger partial charge in [-0.15, -0.1) is 0 Å². The third-order valence-electron chi connectivity index (χ3n) is 4.02. The maximum atomic E-state index is 5.78. The molecular formula is C12H25N3S. The standard InChI is InChI=1S/C12H25N3S/c1-5-10(11(13)16)15(4)9-12(14(2)3)7-6-8-12/h10H,5-9H2,1-4H3,(H2,13,16). The highest BCUT2D eigenvalue weighted by molar-refractivity contribution is 7.80. The fourth-order valence-electron chi connectivity index (χ4n) is 2.64. The second kappa shape index (κ2) is 5.43. The maximum Gasteiger partial charge on any atom is 0.0901 e. The Morgan fingerprint density at radius 3 is 2.19 bits per heavy atom. The molecule has 0 aliphatic heterocycles. The topological polar surface area (TPSA) is 32.5 Å². The zero-order valence-corrected chi connectivity index (χ0v) is 11.8. The van der Waals surface area contributed by atoms with Crippen LogP contribution in [0.4, 0.5) is 0 Å². The van der Waals surface area contributed by atoms with Crippen molar-refractivity contribution in [2.45, 2.75) is 44.2 Å². The average Bonchev–Trinajstić information content (AvgIpc) is 2.11. The quantitative estimate of drug-likeness (QED) is 0.716. The molecule has 0 heterocycles. The predicted octanol–water partition coefficient (Wildman–Crippen LogP) is 1.47. The zero-order chi connectivity index (χ0) is 12.3. The first-order valence-electron chi connectivity index (χ1n) is 6.10. The van der Waals surface area contributed by atoms with Crippen LogP contribution in [0.25, 0.3) is 0 Å². The molecular weight excluding hydrogens is 218 g/mol. The Hall–Kier alpha value is -0.190. The summed E-state index contributed by atoms with van der Waals surface area (Å²) in [6.07, 6.45) is 4.92. The van der Waals surface area contributed by atoms with Crippen molar-refractivity contribution in [3.8, 4) is 0 Å². The molecule has 2 N–H and O–H groups in total. The molecule has 3 nitrogen and oxygen atoms in total. The summed E-state index contributed by atoms with van der Waals surface area (Å²) < 4.78 is 0. The largest absolute Gasteiger partial charge is 0.392 e. The summed E-state index contributed by atoms with van der Waals surface area (Å²) in [5.41, 5.74) is 6.13. The highest BCUT2D eigenvalue weighted by Crippen LogP contribution is 2.37. The lowest BCUT2D eigenvalue weighted by atomic mass is 9.75. The Labute approximate surface area is 105 Å². The third-order valence-corrected chi connectivity index (χ3v) is 4.30. The van der Waals surface area contributed by atoms with E-state index in [2.05, 4.69) is 37.9 Å². The monoisotopic (exact) mass is 243 g/mol. The van der Waals surface area contributed by atoms with Crippen molar-refractivity contribution in [2.24, 2.45) is 5.73 Å². The molecule has 1 unspecified atom stereocenters. The summed E-state index contributed by atoms with van der Waals surface area (Å²) in [5, 5.41) is 0. The van der Waals surface area contributed by atoms with Crippen LogP contribution in [-0.2, 0) is 0 Å². The third kappa shape index (κ3) is 2.73. The predicted molar refractivity (Wildman–Crippen MR) is 73.8 cm³/mol. The van der Waals surface area contributed by atoms with Crippen LogP contribution in [0.5, 0.6) is 0 Å². The van der Waals surface area contributed by atoms with Gasteiger partial charge in [0.25, 0.3) is 0 Å². The van der Waals surface area contributed by atoms with Crippen molar-refractivity contribution < 1.29 is 0 Å². The lowest BCUT2D eigenvalue weighted by Crippen LogP contribution is -2.59. The van der Waals surface area contributed by atoms with Gasteiger partial charge in [-0.1, -0.05) is 19.1 Å². The molecule has 1 aliphatic carbocycles. The van der Waals surface area contributed by atoms with Crippen molar-refractivity contribution in [3.63, 3.8) is 0 Å². The fraction of sp³-hybridized carbons (Fsp3) is 0.917. The highest BCUT2D eigenvalue weighted by atomic mass is 32.1. The zero-order valence-electron chi connectivity index (χ0n) is 11.0. The first-order valence-corrected chi connectivity index (χ1v) is 6.51. The maximum absolute atomic E-state index is 5.78. The molecule has 1 rings (SSSR count). The number of hydrogen-bond donors (Lipinski definition) is 1. The van der Waals surface area contributed by atoms with Crippen LogP contribution in [0, 0.1) is 0 Å². The molecule has 16 heavy (non-hydrogen) atoms. The summed E-state index contributed by atoms with van der Waals surface area (Å²) in [7, 11) is 6.49. The molecule has 4 heteroatoms. The first-order chi connectivity index (χ1) is 7.43. The van der Waals surface area contributed by atoms with Crippen LogP contribution in [-0.4, -0.2) is 54.1 Å². The van der Waals surface area contributed by atoms with Crippen molar-refractivity contribution in [1.82, 2.24) is 9.80 Å². The van der Waals surface area contributed by atoms with Crippen molar-refractivity contribution in [2.75, 3.05) is 27.7 Å². The summed E-state index contributed by atoms with van der Waals surface area (Å²) in [5.74, 6) is 0. The fourth-order valence-corrected chi connectivity index (χ4v) is 2.98. The van der Waals surface area contributed by atoms with Gasteiger partial charge in [0.1, 0.15) is 0 Å². The van der Waals surface area contributed by atoms with Gasteiger partial charge in [0.05, 0.1) is 11.0 Å². The van der Waals surface area contributed by atoms with Gasteiger partial charge in [-0.05, 0) is 46.8 Å². The molecule has 1 aliphatic rings. The summed E-state index contributed by atoms with van der Waals surface area (Å²) >= 11 is 5.12. The van der Waals surface area contributed by atoms with E-state index in [4.69, 9.17) is 18.0 Å². The molecule has 0 spiro atoms. The lowest BCUT2D eigenvalue weighted by Gasteiger charge is -2.50. The summed E-state index contributed by atoms with van der Waals surface area (Å²) in [4.78, 5) is 5.30. The van der Waals surface area contributed by atoms with E-state index in [0.29, 0.717) is 10.5 Å². The van der Waals surface area contributed by atoms with Crippen LogP contribution in [0.15, 0.2) is 0 Å². The van der Waals surface area contributed by atoms with E-state index >= 15 is 0 Å². The van der Waals surface area contributed by atoms with Gasteiger partial charge in [0.2, 0.25) is 0 Å². The number of hydrogen-bond acceptors (Lipinski definition) is 3. The number of nitrogens with zero attached hydrogens (tertiary/aromatic N) is 2. The summed E-state index contributed by atoms with van der Waals surface area (Å²) in [6.45, 7) is 3.21. The van der Waals surface area contributed by atoms with E-state index in [1.165, 1.54) is 19.3 Å². The normalized spacial score (nSPS) is 20.9. The molecule has 1 saturated carbocycles. The van der Waals surface area contributed by atoms with Gasteiger partial charge < -0.3 is 10.6 Å². The Morgan fingerprint density at radius 1 is 1.38 bits per heavy atom. The van der Waals surface area contributed by atoms with Gasteiger partial charge >= 0.3 is 0 Å². The van der Waals surface area contributed by atoms with Gasteiger partial charge in [0.15, 0.2) is 0 Å². The van der Waals surface area contributed by atoms with Gasteiger partial charge in [0, 0.05) is 12.1 Å². The Balaban J connectivity index is 2.61. The summed E-state index contributed by atoms with van der Waals surface area (Å²) in [6, 6.07) is 0.243. The molecule has 0 aromatic heterocycles. The molecule has 0 saturated heterocycles. The van der Waals surface area contributed by atoms with Crippen molar-refractivity contribution in [1.29, 1.82) is 0 Å². The molecule has 0 aromatic carbocycles. The highest BCUT2D eigenvalue weighted by Gasteiger charge is 2.40. The van der Waals surface area contributed by atoms with Crippen LogP contribution in [0.3, 0.4) is 0 Å². The van der Waals surface area contributed by atoms with Crippen LogP contribution in [0.2, 0.25) is 0 Å². The number of likely N-dealkylation sites (N-methyl/N-ethyl adjacent to an activating group) is 2. The Morgan fingerprint density at radius 2 is 1.94 bits per heavy atom. The minimum atomic E-state index is 0.243. The van der Waals surface area contributed by atoms with Gasteiger partial charge in [-0.25, -0.2) is 0 Å². The molecule has 1 fully saturated rings. The Bertz CT molecular complexity index is 249. The molecule has 94 valence electrons. The van der Waals surface area contributed by atoms with E-state index < -0.39 is 0 Å². The van der Waals surface area contributed by atoms with Crippen LogP contribution < -0.4 is 5.73 Å². The molecule has 0 amide bonds. The van der Waals surface area contributed by atoms with Gasteiger partial charge in [-0.3, -0.25) is 4.90 Å². The molecule has 1 atom stereocenters. The van der Waals surface area contributed by atoms with E-state index in [1.54, 1.807) is 0 Å². The molecule has 0 radical (unpaired) electrons.